The van der Waals surface area contributed by atoms with E-state index in [0.29, 0.717) is 41.0 Å². The largest absolute Gasteiger partial charge is 0.497 e. The van der Waals surface area contributed by atoms with Crippen LogP contribution in [0.5, 0.6) is 11.5 Å². The van der Waals surface area contributed by atoms with Crippen LogP contribution in [0.2, 0.25) is 0 Å². The molecule has 10 nitrogen and oxygen atoms in total. The molecule has 1 saturated heterocycles. The molecular weight excluding hydrogens is 544 g/mol. The van der Waals surface area contributed by atoms with Gasteiger partial charge in [0.15, 0.2) is 5.43 Å². The van der Waals surface area contributed by atoms with Gasteiger partial charge in [-0.15, -0.1) is 5.10 Å². The van der Waals surface area contributed by atoms with Gasteiger partial charge < -0.3 is 18.8 Å². The zero-order chi connectivity index (χ0) is 29.6. The summed E-state index contributed by atoms with van der Waals surface area (Å²) in [5, 5.41) is 18.2. The molecule has 0 radical (unpaired) electrons. The van der Waals surface area contributed by atoms with Gasteiger partial charge >= 0.3 is 0 Å². The molecule has 0 atom stereocenters. The van der Waals surface area contributed by atoms with Crippen molar-refractivity contribution in [1.82, 2.24) is 19.9 Å². The van der Waals surface area contributed by atoms with E-state index in [-0.39, 0.29) is 5.43 Å². The van der Waals surface area contributed by atoms with Gasteiger partial charge in [-0.25, -0.2) is 0 Å². The molecule has 1 aliphatic heterocycles. The standard InChI is InChI=1S/C33H32N6O4/c1-41-28-9-5-25(6-10-28)31-23-43-32-19-29(11-12-30(32)33(31)40)42-18-2-13-39-22-26(35-36-39)21-37-14-16-38(17-15-37)27-7-3-24(20-34)4-8-27/h3-12,19,22-23H,2,13-18,21H2,1H3. The van der Waals surface area contributed by atoms with E-state index in [9.17, 15) is 4.79 Å². The van der Waals surface area contributed by atoms with E-state index < -0.39 is 0 Å². The van der Waals surface area contributed by atoms with E-state index in [4.69, 9.17) is 19.2 Å². The highest BCUT2D eigenvalue weighted by atomic mass is 16.5. The van der Waals surface area contributed by atoms with Gasteiger partial charge in [-0.3, -0.25) is 14.4 Å². The number of hydrogen-bond acceptors (Lipinski definition) is 9. The smallest absolute Gasteiger partial charge is 0.200 e. The summed E-state index contributed by atoms with van der Waals surface area (Å²) in [7, 11) is 1.61. The maximum absolute atomic E-state index is 13.1. The molecule has 10 heteroatoms. The average molecular weight is 577 g/mol. The SMILES string of the molecule is COc1ccc(-c2coc3cc(OCCCn4cc(CN5CCN(c6ccc(C#N)cc6)CC5)nn4)ccc3c2=O)cc1. The number of hydrogen-bond donors (Lipinski definition) is 0. The Morgan fingerprint density at radius 3 is 2.49 bits per heavy atom. The van der Waals surface area contributed by atoms with Crippen molar-refractivity contribution >= 4 is 16.7 Å². The second kappa shape index (κ2) is 12.8. The highest BCUT2D eigenvalue weighted by molar-refractivity contribution is 5.82. The molecule has 3 aromatic carbocycles. The Morgan fingerprint density at radius 1 is 0.977 bits per heavy atom. The number of methoxy groups -OCH3 is 1. The van der Waals surface area contributed by atoms with Crippen molar-refractivity contribution in [3.05, 3.63) is 101 Å². The zero-order valence-corrected chi connectivity index (χ0v) is 24.0. The van der Waals surface area contributed by atoms with Crippen LogP contribution >= 0.6 is 0 Å². The lowest BCUT2D eigenvalue weighted by Crippen LogP contribution is -2.46. The first-order valence-corrected chi connectivity index (χ1v) is 14.3. The molecule has 5 aromatic rings. The molecule has 0 N–H and O–H groups in total. The molecular formula is C33H32N6O4. The summed E-state index contributed by atoms with van der Waals surface area (Å²) in [4.78, 5) is 17.8. The van der Waals surface area contributed by atoms with Crippen LogP contribution in [0.4, 0.5) is 5.69 Å². The number of piperazine rings is 1. The van der Waals surface area contributed by atoms with Gasteiger partial charge in [0.25, 0.3) is 0 Å². The lowest BCUT2D eigenvalue weighted by Gasteiger charge is -2.35. The van der Waals surface area contributed by atoms with E-state index >= 15 is 0 Å². The number of benzene rings is 3. The van der Waals surface area contributed by atoms with Gasteiger partial charge in [0.1, 0.15) is 23.3 Å². The summed E-state index contributed by atoms with van der Waals surface area (Å²) in [5.74, 6) is 1.37. The number of ether oxygens (including phenoxy) is 2. The van der Waals surface area contributed by atoms with Crippen LogP contribution in [0, 0.1) is 11.3 Å². The minimum Gasteiger partial charge on any atom is -0.497 e. The Morgan fingerprint density at radius 2 is 1.74 bits per heavy atom. The molecule has 2 aromatic heterocycles. The number of rotatable bonds is 10. The van der Waals surface area contributed by atoms with Gasteiger partial charge in [-0.2, -0.15) is 5.26 Å². The molecule has 0 bridgehead atoms. The number of nitriles is 1. The summed E-state index contributed by atoms with van der Waals surface area (Å²) >= 11 is 0. The molecule has 1 aliphatic rings. The first-order valence-electron chi connectivity index (χ1n) is 14.3. The average Bonchev–Trinajstić information content (AvgIpc) is 3.50. The molecule has 0 unspecified atom stereocenters. The fraction of sp³-hybridized carbons (Fsp3) is 0.273. The molecule has 0 amide bonds. The van der Waals surface area contributed by atoms with Gasteiger partial charge in [0.2, 0.25) is 0 Å². The minimum absolute atomic E-state index is 0.0897. The number of fused-ring (bicyclic) bond motifs is 1. The number of aromatic nitrogens is 3. The Bertz CT molecular complexity index is 1780. The maximum Gasteiger partial charge on any atom is 0.200 e. The van der Waals surface area contributed by atoms with Crippen LogP contribution in [-0.4, -0.2) is 59.8 Å². The van der Waals surface area contributed by atoms with Crippen molar-refractivity contribution in [1.29, 1.82) is 5.26 Å². The molecule has 218 valence electrons. The monoisotopic (exact) mass is 576 g/mol. The Kier molecular flexibility index (Phi) is 8.33. The first kappa shape index (κ1) is 28.0. The van der Waals surface area contributed by atoms with E-state index in [1.165, 1.54) is 6.26 Å². The lowest BCUT2D eigenvalue weighted by molar-refractivity contribution is 0.247. The highest BCUT2D eigenvalue weighted by Crippen LogP contribution is 2.25. The first-order chi connectivity index (χ1) is 21.1. The quantitative estimate of drug-likeness (QED) is 0.218. The van der Waals surface area contributed by atoms with E-state index in [1.54, 1.807) is 25.3 Å². The third-order valence-corrected chi connectivity index (χ3v) is 7.65. The van der Waals surface area contributed by atoms with Crippen molar-refractivity contribution in [3.8, 4) is 28.7 Å². The van der Waals surface area contributed by atoms with Crippen LogP contribution < -0.4 is 19.8 Å². The summed E-state index contributed by atoms with van der Waals surface area (Å²) in [6.07, 6.45) is 4.25. The number of aryl methyl sites for hydroxylation is 1. The summed E-state index contributed by atoms with van der Waals surface area (Å²) in [6, 6.07) is 22.5. The van der Waals surface area contributed by atoms with Gasteiger partial charge in [-0.1, -0.05) is 17.3 Å². The molecule has 43 heavy (non-hydrogen) atoms. The zero-order valence-electron chi connectivity index (χ0n) is 24.0. The van der Waals surface area contributed by atoms with Crippen LogP contribution in [0.25, 0.3) is 22.1 Å². The molecule has 0 saturated carbocycles. The van der Waals surface area contributed by atoms with Crippen LogP contribution in [0.15, 0.2) is 88.4 Å². The van der Waals surface area contributed by atoms with E-state index in [2.05, 4.69) is 26.2 Å². The molecule has 1 fully saturated rings. The normalized spacial score (nSPS) is 13.6. The second-order valence-corrected chi connectivity index (χ2v) is 10.5. The Balaban J connectivity index is 0.964. The number of anilines is 1. The van der Waals surface area contributed by atoms with Crippen molar-refractivity contribution < 1.29 is 13.9 Å². The minimum atomic E-state index is -0.0897. The predicted molar refractivity (Wildman–Crippen MR) is 163 cm³/mol. The van der Waals surface area contributed by atoms with Crippen LogP contribution in [0.1, 0.15) is 17.7 Å². The summed E-state index contributed by atoms with van der Waals surface area (Å²) < 4.78 is 18.8. The molecule has 0 aliphatic carbocycles. The summed E-state index contributed by atoms with van der Waals surface area (Å²) in [6.45, 7) is 5.68. The van der Waals surface area contributed by atoms with E-state index in [0.717, 1.165) is 61.8 Å². The maximum atomic E-state index is 13.1. The highest BCUT2D eigenvalue weighted by Gasteiger charge is 2.18. The van der Waals surface area contributed by atoms with Crippen LogP contribution in [-0.2, 0) is 13.1 Å². The summed E-state index contributed by atoms with van der Waals surface area (Å²) in [5.41, 5.74) is 4.45. The van der Waals surface area contributed by atoms with Crippen molar-refractivity contribution in [2.24, 2.45) is 0 Å². The number of nitrogens with zero attached hydrogens (tertiary/aromatic N) is 6. The third-order valence-electron chi connectivity index (χ3n) is 7.65. The molecule has 3 heterocycles. The third kappa shape index (κ3) is 6.52. The Hall–Kier alpha value is -5.14. The van der Waals surface area contributed by atoms with Gasteiger partial charge in [-0.05, 0) is 54.1 Å². The van der Waals surface area contributed by atoms with Gasteiger partial charge in [0, 0.05) is 63.6 Å². The molecule has 0 spiro atoms. The van der Waals surface area contributed by atoms with Gasteiger partial charge in [0.05, 0.1) is 42.0 Å². The second-order valence-electron chi connectivity index (χ2n) is 10.5. The van der Waals surface area contributed by atoms with Crippen LogP contribution in [0.3, 0.4) is 0 Å². The van der Waals surface area contributed by atoms with Crippen molar-refractivity contribution in [3.63, 3.8) is 0 Å². The van der Waals surface area contributed by atoms with E-state index in [1.807, 2.05) is 59.4 Å². The van der Waals surface area contributed by atoms with Crippen molar-refractivity contribution in [2.75, 3.05) is 44.8 Å². The fourth-order valence-corrected chi connectivity index (χ4v) is 5.25. The Labute approximate surface area is 249 Å². The van der Waals surface area contributed by atoms with Crippen molar-refractivity contribution in [2.45, 2.75) is 19.5 Å². The topological polar surface area (TPSA) is 110 Å². The lowest BCUT2D eigenvalue weighted by atomic mass is 10.1. The fourth-order valence-electron chi connectivity index (χ4n) is 5.25. The predicted octanol–water partition coefficient (Wildman–Crippen LogP) is 4.72. The molecule has 6 rings (SSSR count).